The maximum atomic E-state index is 13.3. The molecule has 0 bridgehead atoms. The molecule has 0 aromatic heterocycles. The molecule has 0 aromatic rings. The van der Waals surface area contributed by atoms with E-state index in [-0.39, 0.29) is 17.3 Å². The van der Waals surface area contributed by atoms with Crippen molar-refractivity contribution in [1.29, 1.82) is 0 Å². The van der Waals surface area contributed by atoms with Gasteiger partial charge in [-0.25, -0.2) is 0 Å². The van der Waals surface area contributed by atoms with Gasteiger partial charge in [0.15, 0.2) is 5.50 Å². The summed E-state index contributed by atoms with van der Waals surface area (Å²) in [6, 6.07) is 0. The van der Waals surface area contributed by atoms with Gasteiger partial charge in [-0.3, -0.25) is 9.59 Å². The van der Waals surface area contributed by atoms with Crippen molar-refractivity contribution in [2.45, 2.75) is 79.1 Å². The summed E-state index contributed by atoms with van der Waals surface area (Å²) in [4.78, 5) is 32.1. The molecule has 1 N–H and O–H groups in total. The van der Waals surface area contributed by atoms with E-state index in [9.17, 15) is 14.7 Å². The largest absolute Gasteiger partial charge is 0.507 e. The van der Waals surface area contributed by atoms with Gasteiger partial charge in [-0.1, -0.05) is 39.7 Å². The Morgan fingerprint density at radius 2 is 1.59 bits per heavy atom. The van der Waals surface area contributed by atoms with Gasteiger partial charge in [-0.05, 0) is 69.2 Å². The zero-order chi connectivity index (χ0) is 25.4. The van der Waals surface area contributed by atoms with Crippen LogP contribution in [0.2, 0.25) is 0 Å². The second kappa shape index (κ2) is 13.1. The van der Waals surface area contributed by atoms with Gasteiger partial charge in [0, 0.05) is 31.9 Å². The lowest BCUT2D eigenvalue weighted by Gasteiger charge is -2.42. The summed E-state index contributed by atoms with van der Waals surface area (Å²) in [6.07, 6.45) is 10.2. The lowest BCUT2D eigenvalue weighted by atomic mass is 9.86. The predicted molar refractivity (Wildman–Crippen MR) is 142 cm³/mol. The number of hydrogen-bond donors (Lipinski definition) is 2. The highest BCUT2D eigenvalue weighted by Crippen LogP contribution is 2.32. The molecule has 7 heteroatoms. The first kappa shape index (κ1) is 28.1. The molecule has 0 saturated carbocycles. The van der Waals surface area contributed by atoms with Crippen LogP contribution in [-0.4, -0.2) is 63.3 Å². The molecule has 6 nitrogen and oxygen atoms in total. The van der Waals surface area contributed by atoms with E-state index in [2.05, 4.69) is 64.3 Å². The third-order valence-corrected chi connectivity index (χ3v) is 7.31. The number of rotatable bonds is 11. The molecule has 1 unspecified atom stereocenters. The molecule has 34 heavy (non-hydrogen) atoms. The van der Waals surface area contributed by atoms with Crippen LogP contribution in [0.1, 0.15) is 73.6 Å². The fourth-order valence-electron chi connectivity index (χ4n) is 4.65. The Balaban J connectivity index is 2.43. The van der Waals surface area contributed by atoms with Crippen molar-refractivity contribution >= 4 is 24.4 Å². The van der Waals surface area contributed by atoms with E-state index < -0.39 is 17.3 Å². The first-order chi connectivity index (χ1) is 16.2. The molecule has 0 radical (unpaired) electrons. The van der Waals surface area contributed by atoms with E-state index in [0.717, 1.165) is 56.3 Å². The van der Waals surface area contributed by atoms with Gasteiger partial charge in [0.05, 0.1) is 0 Å². The minimum absolute atomic E-state index is 0.153. The van der Waals surface area contributed by atoms with Gasteiger partial charge < -0.3 is 19.8 Å². The number of amides is 2. The predicted octanol–water partition coefficient (Wildman–Crippen LogP) is 5.42. The molecule has 1 aliphatic heterocycles. The molecular weight excluding hydrogens is 446 g/mol. The summed E-state index contributed by atoms with van der Waals surface area (Å²) in [5, 5.41) is 11.0. The molecule has 1 saturated heterocycles. The summed E-state index contributed by atoms with van der Waals surface area (Å²) in [6.45, 7) is 15.5. The molecule has 2 rings (SSSR count). The number of hydrogen-bond acceptors (Lipinski definition) is 5. The van der Waals surface area contributed by atoms with Crippen molar-refractivity contribution in [2.24, 2.45) is 5.92 Å². The van der Waals surface area contributed by atoms with Crippen molar-refractivity contribution in [1.82, 2.24) is 14.7 Å². The van der Waals surface area contributed by atoms with E-state index in [0.29, 0.717) is 13.1 Å². The Labute approximate surface area is 211 Å². The zero-order valence-corrected chi connectivity index (χ0v) is 22.7. The fourth-order valence-corrected chi connectivity index (χ4v) is 5.09. The lowest BCUT2D eigenvalue weighted by molar-refractivity contribution is -0.146. The molecule has 1 atom stereocenters. The number of aliphatic hydroxyl groups is 1. The fraction of sp³-hybridized carbons (Fsp3) is 0.630. The zero-order valence-electron chi connectivity index (χ0n) is 21.8. The van der Waals surface area contributed by atoms with E-state index >= 15 is 0 Å². The average Bonchev–Trinajstić information content (AvgIpc) is 2.79. The van der Waals surface area contributed by atoms with Crippen LogP contribution < -0.4 is 0 Å². The van der Waals surface area contributed by atoms with Crippen LogP contribution in [-0.2, 0) is 9.59 Å². The van der Waals surface area contributed by atoms with Gasteiger partial charge in [0.25, 0.3) is 11.8 Å². The van der Waals surface area contributed by atoms with E-state index in [1.165, 1.54) is 5.70 Å². The van der Waals surface area contributed by atoms with Gasteiger partial charge in [-0.2, -0.15) is 0 Å². The monoisotopic (exact) mass is 489 g/mol. The first-order valence-electron chi connectivity index (χ1n) is 12.8. The number of thiol groups is 1. The number of aliphatic hydroxyl groups excluding tert-OH is 1. The van der Waals surface area contributed by atoms with Crippen molar-refractivity contribution in [3.8, 4) is 0 Å². The summed E-state index contributed by atoms with van der Waals surface area (Å²) < 4.78 is 0. The summed E-state index contributed by atoms with van der Waals surface area (Å²) >= 11 is 4.60. The van der Waals surface area contributed by atoms with Crippen molar-refractivity contribution < 1.29 is 14.7 Å². The smallest absolute Gasteiger partial charge is 0.265 e. The van der Waals surface area contributed by atoms with Crippen LogP contribution in [0, 0.1) is 5.92 Å². The molecule has 2 amide bonds. The topological polar surface area (TPSA) is 64.1 Å². The maximum Gasteiger partial charge on any atom is 0.265 e. The Kier molecular flexibility index (Phi) is 10.8. The lowest BCUT2D eigenvalue weighted by Crippen LogP contribution is -2.58. The molecule has 0 spiro atoms. The average molecular weight is 490 g/mol. The highest BCUT2D eigenvalue weighted by atomic mass is 32.1. The Hall–Kier alpha value is -2.15. The van der Waals surface area contributed by atoms with Crippen LogP contribution in [0.3, 0.4) is 0 Å². The standard InChI is InChI=1S/C27H43N3O3S/c1-7-11-15-29-25(32)24(26(33)30(27(29)34)16-12-8-2)23(31)18-20(6)22-14-13-21(17-19(22)5)28(9-3)10-4/h13-14,18-19,27,31,34H,7-12,15-17H2,1-6H3/b20-18-,24-23?. The molecule has 190 valence electrons. The third kappa shape index (κ3) is 6.29. The molecular formula is C27H43N3O3S. The summed E-state index contributed by atoms with van der Waals surface area (Å²) in [7, 11) is 0. The van der Waals surface area contributed by atoms with Gasteiger partial charge >= 0.3 is 0 Å². The molecule has 1 fully saturated rings. The number of allylic oxidation sites excluding steroid dienone is 6. The number of nitrogens with zero attached hydrogens (tertiary/aromatic N) is 3. The number of carbonyl (C=O) groups excluding carboxylic acids is 2. The Morgan fingerprint density at radius 1 is 1.06 bits per heavy atom. The molecule has 0 aromatic carbocycles. The molecule has 1 aliphatic carbocycles. The number of carbonyl (C=O) groups is 2. The van der Waals surface area contributed by atoms with Crippen LogP contribution >= 0.6 is 12.6 Å². The van der Waals surface area contributed by atoms with E-state index in [1.54, 1.807) is 15.9 Å². The quantitative estimate of drug-likeness (QED) is 0.176. The highest BCUT2D eigenvalue weighted by Gasteiger charge is 2.42. The van der Waals surface area contributed by atoms with Gasteiger partial charge in [0.2, 0.25) is 0 Å². The first-order valence-corrected chi connectivity index (χ1v) is 13.3. The van der Waals surface area contributed by atoms with Gasteiger partial charge in [-0.15, -0.1) is 12.6 Å². The Morgan fingerprint density at radius 3 is 2.03 bits per heavy atom. The van der Waals surface area contributed by atoms with E-state index in [4.69, 9.17) is 0 Å². The van der Waals surface area contributed by atoms with E-state index in [1.807, 2.05) is 6.92 Å². The van der Waals surface area contributed by atoms with Crippen LogP contribution in [0.5, 0.6) is 0 Å². The van der Waals surface area contributed by atoms with Crippen molar-refractivity contribution in [3.63, 3.8) is 0 Å². The Bertz CT molecular complexity index is 840. The maximum absolute atomic E-state index is 13.3. The number of unbranched alkanes of at least 4 members (excludes halogenated alkanes) is 2. The van der Waals surface area contributed by atoms with Crippen LogP contribution in [0.15, 0.2) is 46.4 Å². The minimum Gasteiger partial charge on any atom is -0.507 e. The second-order valence-corrected chi connectivity index (χ2v) is 9.66. The summed E-state index contributed by atoms with van der Waals surface area (Å²) in [5.74, 6) is -0.872. The van der Waals surface area contributed by atoms with Gasteiger partial charge in [0.1, 0.15) is 11.3 Å². The molecule has 1 heterocycles. The normalized spacial score (nSPS) is 21.6. The van der Waals surface area contributed by atoms with Crippen LogP contribution in [0.4, 0.5) is 0 Å². The third-order valence-electron chi connectivity index (χ3n) is 6.75. The van der Waals surface area contributed by atoms with Crippen molar-refractivity contribution in [3.05, 3.63) is 46.4 Å². The summed E-state index contributed by atoms with van der Waals surface area (Å²) in [5.41, 5.74) is 2.52. The SMILES string of the molecule is CCCCN1C(=O)C(=C(O)/C=C(/C)C2=CC=C(N(CC)CC)CC2C)C(=O)N(CCCC)C1S. The molecule has 2 aliphatic rings. The van der Waals surface area contributed by atoms with Crippen molar-refractivity contribution in [2.75, 3.05) is 26.2 Å². The minimum atomic E-state index is -0.607. The second-order valence-electron chi connectivity index (χ2n) is 9.20. The highest BCUT2D eigenvalue weighted by molar-refractivity contribution is 7.80. The van der Waals surface area contributed by atoms with Crippen LogP contribution in [0.25, 0.3) is 0 Å².